The molecule has 12 heavy (non-hydrogen) atoms. The number of ether oxygens (including phenoxy) is 1. The van der Waals surface area contributed by atoms with E-state index in [2.05, 4.69) is 13.8 Å². The lowest BCUT2D eigenvalue weighted by atomic mass is 10.2. The molecule has 0 saturated carbocycles. The van der Waals surface area contributed by atoms with Gasteiger partial charge in [0.25, 0.3) is 0 Å². The lowest BCUT2D eigenvalue weighted by Crippen LogP contribution is -2.04. The molecule has 0 radical (unpaired) electrons. The third kappa shape index (κ3) is 3.14. The summed E-state index contributed by atoms with van der Waals surface area (Å²) in [5, 5.41) is 0.719. The maximum atomic E-state index is 5.78. The Hall–Kier alpha value is -0.690. The van der Waals surface area contributed by atoms with Crippen LogP contribution in [0.15, 0.2) is 24.3 Å². The molecule has 0 saturated heterocycles. The van der Waals surface area contributed by atoms with Gasteiger partial charge in [-0.1, -0.05) is 31.5 Å². The third-order valence-electron chi connectivity index (χ3n) is 1.38. The summed E-state index contributed by atoms with van der Waals surface area (Å²) in [5.41, 5.74) is 0. The van der Waals surface area contributed by atoms with E-state index in [0.29, 0.717) is 5.92 Å². The van der Waals surface area contributed by atoms with E-state index < -0.39 is 0 Å². The van der Waals surface area contributed by atoms with Crippen LogP contribution in [0, 0.1) is 5.92 Å². The van der Waals surface area contributed by atoms with Gasteiger partial charge in [0, 0.05) is 5.02 Å². The molecule has 0 heterocycles. The molecule has 0 amide bonds. The van der Waals surface area contributed by atoms with Crippen molar-refractivity contribution >= 4 is 11.6 Å². The zero-order valence-corrected chi connectivity index (χ0v) is 8.14. The van der Waals surface area contributed by atoms with Crippen molar-refractivity contribution in [2.75, 3.05) is 6.61 Å². The highest BCUT2D eigenvalue weighted by molar-refractivity contribution is 6.30. The van der Waals surface area contributed by atoms with Gasteiger partial charge in [-0.3, -0.25) is 0 Å². The van der Waals surface area contributed by atoms with Gasteiger partial charge in [0.15, 0.2) is 0 Å². The van der Waals surface area contributed by atoms with Crippen LogP contribution in [-0.2, 0) is 0 Å². The first kappa shape index (κ1) is 9.40. The fraction of sp³-hybridized carbons (Fsp3) is 0.400. The van der Waals surface area contributed by atoms with E-state index in [1.165, 1.54) is 0 Å². The van der Waals surface area contributed by atoms with E-state index in [9.17, 15) is 0 Å². The summed E-state index contributed by atoms with van der Waals surface area (Å²) in [6.45, 7) is 4.97. The molecule has 0 spiro atoms. The SMILES string of the molecule is CC(C)COc1cccc(Cl)c1. The van der Waals surface area contributed by atoms with Gasteiger partial charge < -0.3 is 4.74 Å². The minimum absolute atomic E-state index is 0.545. The molecule has 2 heteroatoms. The van der Waals surface area contributed by atoms with E-state index in [1.807, 2.05) is 24.3 Å². The molecular weight excluding hydrogens is 172 g/mol. The summed E-state index contributed by atoms with van der Waals surface area (Å²) >= 11 is 5.78. The van der Waals surface area contributed by atoms with Gasteiger partial charge in [0.1, 0.15) is 5.75 Å². The molecule has 0 fully saturated rings. The van der Waals surface area contributed by atoms with Crippen molar-refractivity contribution < 1.29 is 4.74 Å². The Bertz CT molecular complexity index is 245. The second-order valence-corrected chi connectivity index (χ2v) is 3.60. The van der Waals surface area contributed by atoms with Crippen molar-refractivity contribution in [3.8, 4) is 5.75 Å². The van der Waals surface area contributed by atoms with E-state index in [0.717, 1.165) is 17.4 Å². The molecule has 1 nitrogen and oxygen atoms in total. The van der Waals surface area contributed by atoms with Gasteiger partial charge in [-0.25, -0.2) is 0 Å². The van der Waals surface area contributed by atoms with Crippen molar-refractivity contribution in [1.29, 1.82) is 0 Å². The Morgan fingerprint density at radius 3 is 2.75 bits per heavy atom. The molecule has 0 unspecified atom stereocenters. The smallest absolute Gasteiger partial charge is 0.120 e. The van der Waals surface area contributed by atoms with Gasteiger partial charge in [0.2, 0.25) is 0 Å². The highest BCUT2D eigenvalue weighted by Crippen LogP contribution is 2.17. The van der Waals surface area contributed by atoms with Gasteiger partial charge in [0.05, 0.1) is 6.61 Å². The van der Waals surface area contributed by atoms with Crippen molar-refractivity contribution in [3.05, 3.63) is 29.3 Å². The molecule has 1 aromatic carbocycles. The fourth-order valence-electron chi connectivity index (χ4n) is 0.820. The average molecular weight is 185 g/mol. The molecule has 0 aliphatic rings. The molecule has 0 aromatic heterocycles. The number of hydrogen-bond donors (Lipinski definition) is 0. The Labute approximate surface area is 78.3 Å². The minimum Gasteiger partial charge on any atom is -0.493 e. The minimum atomic E-state index is 0.545. The van der Waals surface area contributed by atoms with Crippen LogP contribution < -0.4 is 4.74 Å². The second kappa shape index (κ2) is 4.36. The molecule has 1 aromatic rings. The van der Waals surface area contributed by atoms with Crippen LogP contribution in [-0.4, -0.2) is 6.61 Å². The van der Waals surface area contributed by atoms with Crippen LogP contribution in [0.2, 0.25) is 5.02 Å². The normalized spacial score (nSPS) is 10.3. The monoisotopic (exact) mass is 184 g/mol. The van der Waals surface area contributed by atoms with Crippen molar-refractivity contribution in [2.24, 2.45) is 5.92 Å². The first-order valence-electron chi connectivity index (χ1n) is 4.07. The Morgan fingerprint density at radius 2 is 2.17 bits per heavy atom. The lowest BCUT2D eigenvalue weighted by molar-refractivity contribution is 0.271. The summed E-state index contributed by atoms with van der Waals surface area (Å²) in [5.74, 6) is 1.39. The summed E-state index contributed by atoms with van der Waals surface area (Å²) in [4.78, 5) is 0. The number of halogens is 1. The number of hydrogen-bond acceptors (Lipinski definition) is 1. The summed E-state index contributed by atoms with van der Waals surface area (Å²) in [6, 6.07) is 7.46. The molecule has 0 aliphatic heterocycles. The zero-order chi connectivity index (χ0) is 8.97. The largest absolute Gasteiger partial charge is 0.493 e. The molecule has 0 bridgehead atoms. The predicted molar refractivity (Wildman–Crippen MR) is 51.8 cm³/mol. The Morgan fingerprint density at radius 1 is 1.42 bits per heavy atom. The van der Waals surface area contributed by atoms with Crippen LogP contribution in [0.4, 0.5) is 0 Å². The first-order chi connectivity index (χ1) is 5.68. The zero-order valence-electron chi connectivity index (χ0n) is 7.38. The predicted octanol–water partition coefficient (Wildman–Crippen LogP) is 3.37. The molecule has 66 valence electrons. The highest BCUT2D eigenvalue weighted by Gasteiger charge is 1.96. The maximum absolute atomic E-state index is 5.78. The van der Waals surface area contributed by atoms with Gasteiger partial charge in [-0.05, 0) is 24.1 Å². The van der Waals surface area contributed by atoms with E-state index in [4.69, 9.17) is 16.3 Å². The van der Waals surface area contributed by atoms with Crippen LogP contribution >= 0.6 is 11.6 Å². The Balaban J connectivity index is 2.52. The highest BCUT2D eigenvalue weighted by atomic mass is 35.5. The van der Waals surface area contributed by atoms with E-state index in [-0.39, 0.29) is 0 Å². The molecular formula is C10H13ClO. The van der Waals surface area contributed by atoms with Gasteiger partial charge in [-0.2, -0.15) is 0 Å². The van der Waals surface area contributed by atoms with Crippen LogP contribution in [0.5, 0.6) is 5.75 Å². The first-order valence-corrected chi connectivity index (χ1v) is 4.44. The quantitative estimate of drug-likeness (QED) is 0.700. The summed E-state index contributed by atoms with van der Waals surface area (Å²) in [7, 11) is 0. The second-order valence-electron chi connectivity index (χ2n) is 3.16. The number of benzene rings is 1. The fourth-order valence-corrected chi connectivity index (χ4v) is 1.000. The molecule has 0 atom stereocenters. The maximum Gasteiger partial charge on any atom is 0.120 e. The van der Waals surface area contributed by atoms with E-state index >= 15 is 0 Å². The van der Waals surface area contributed by atoms with E-state index in [1.54, 1.807) is 0 Å². The number of rotatable bonds is 3. The third-order valence-corrected chi connectivity index (χ3v) is 1.61. The van der Waals surface area contributed by atoms with Crippen LogP contribution in [0.1, 0.15) is 13.8 Å². The van der Waals surface area contributed by atoms with Gasteiger partial charge >= 0.3 is 0 Å². The van der Waals surface area contributed by atoms with Crippen LogP contribution in [0.25, 0.3) is 0 Å². The molecule has 1 rings (SSSR count). The van der Waals surface area contributed by atoms with Crippen molar-refractivity contribution in [3.63, 3.8) is 0 Å². The Kier molecular flexibility index (Phi) is 3.42. The van der Waals surface area contributed by atoms with Gasteiger partial charge in [-0.15, -0.1) is 0 Å². The summed E-state index contributed by atoms with van der Waals surface area (Å²) in [6.07, 6.45) is 0. The van der Waals surface area contributed by atoms with Crippen LogP contribution in [0.3, 0.4) is 0 Å². The lowest BCUT2D eigenvalue weighted by Gasteiger charge is -2.08. The molecule has 0 aliphatic carbocycles. The van der Waals surface area contributed by atoms with Crippen molar-refractivity contribution in [1.82, 2.24) is 0 Å². The summed E-state index contributed by atoms with van der Waals surface area (Å²) < 4.78 is 5.46. The van der Waals surface area contributed by atoms with Crippen molar-refractivity contribution in [2.45, 2.75) is 13.8 Å². The average Bonchev–Trinajstić information content (AvgIpc) is 2.01. The molecule has 0 N–H and O–H groups in total. The standard InChI is InChI=1S/C10H13ClO/c1-8(2)7-12-10-5-3-4-9(11)6-10/h3-6,8H,7H2,1-2H3. The topological polar surface area (TPSA) is 9.23 Å².